The van der Waals surface area contributed by atoms with Crippen LogP contribution in [-0.2, 0) is 10.8 Å². The van der Waals surface area contributed by atoms with Gasteiger partial charge in [-0.3, -0.25) is 4.98 Å². The van der Waals surface area contributed by atoms with Gasteiger partial charge in [0.1, 0.15) is 0 Å². The highest BCUT2D eigenvalue weighted by Gasteiger charge is 2.90. The third-order valence-electron chi connectivity index (χ3n) is 16.2. The van der Waals surface area contributed by atoms with Crippen molar-refractivity contribution < 1.29 is 0 Å². The number of hydrogen-bond acceptors (Lipinski definition) is 5. The molecule has 6 aliphatic carbocycles. The number of benzene rings is 6. The Labute approximate surface area is 348 Å². The number of rotatable bonds is 5. The van der Waals surface area contributed by atoms with Gasteiger partial charge in [0.25, 0.3) is 0 Å². The molecule has 0 N–H and O–H groups in total. The molecule has 6 aliphatic rings. The maximum absolute atomic E-state index is 10.9. The van der Waals surface area contributed by atoms with Gasteiger partial charge in [-0.1, -0.05) is 127 Å². The van der Waals surface area contributed by atoms with Crippen molar-refractivity contribution in [3.05, 3.63) is 203 Å². The lowest BCUT2D eigenvalue weighted by molar-refractivity contribution is -0.412. The van der Waals surface area contributed by atoms with Crippen molar-refractivity contribution in [3.63, 3.8) is 0 Å². The zero-order chi connectivity index (χ0) is 39.4. The molecular formula is C55H37N5. The Morgan fingerprint density at radius 3 is 1.80 bits per heavy atom. The number of nitrogens with zero attached hydrogens (tertiary/aromatic N) is 5. The molecule has 5 heteroatoms. The molecule has 4 saturated carbocycles. The van der Waals surface area contributed by atoms with E-state index in [1.54, 1.807) is 0 Å². The topological polar surface area (TPSA) is 75.3 Å². The quantitative estimate of drug-likeness (QED) is 0.174. The maximum atomic E-state index is 10.9. The molecule has 0 radical (unpaired) electrons. The van der Waals surface area contributed by atoms with Crippen molar-refractivity contribution in [2.24, 2.45) is 29.1 Å². The number of pyridine rings is 1. The van der Waals surface area contributed by atoms with Gasteiger partial charge in [0.15, 0.2) is 17.5 Å². The fourth-order valence-corrected chi connectivity index (χ4v) is 14.1. The monoisotopic (exact) mass is 767 g/mol. The third-order valence-corrected chi connectivity index (χ3v) is 16.2. The zero-order valence-electron chi connectivity index (χ0n) is 32.8. The molecule has 4 unspecified atom stereocenters. The summed E-state index contributed by atoms with van der Waals surface area (Å²) in [4.78, 5) is 20.4. The first-order chi connectivity index (χ1) is 29.7. The minimum absolute atomic E-state index is 0.0285. The summed E-state index contributed by atoms with van der Waals surface area (Å²) < 4.78 is 0. The summed E-state index contributed by atoms with van der Waals surface area (Å²) in [5.74, 6) is 4.80. The molecule has 2 heterocycles. The molecule has 0 amide bonds. The lowest BCUT2D eigenvalue weighted by Crippen LogP contribution is -2.88. The van der Waals surface area contributed by atoms with Crippen molar-refractivity contribution in [3.8, 4) is 62.5 Å². The van der Waals surface area contributed by atoms with Gasteiger partial charge in [0.05, 0.1) is 17.0 Å². The molecule has 4 fully saturated rings. The highest BCUT2D eigenvalue weighted by Crippen LogP contribution is 2.94. The minimum atomic E-state index is -0.498. The molecule has 5 nitrogen and oxygen atoms in total. The van der Waals surface area contributed by atoms with E-state index in [9.17, 15) is 5.26 Å². The lowest BCUT2D eigenvalue weighted by atomic mass is 9.11. The third kappa shape index (κ3) is 3.68. The summed E-state index contributed by atoms with van der Waals surface area (Å²) in [6, 6.07) is 56.7. The van der Waals surface area contributed by atoms with Crippen LogP contribution in [0.2, 0.25) is 0 Å². The molecule has 60 heavy (non-hydrogen) atoms. The van der Waals surface area contributed by atoms with Gasteiger partial charge in [-0.15, -0.1) is 0 Å². The van der Waals surface area contributed by atoms with Crippen molar-refractivity contribution in [1.29, 1.82) is 5.26 Å². The molecule has 2 spiro atoms. The highest BCUT2D eigenvalue weighted by molar-refractivity contribution is 5.90. The van der Waals surface area contributed by atoms with Crippen LogP contribution in [-0.4, -0.2) is 19.9 Å². The SMILES string of the molecule is N#Cc1cc2c(cc1-c1nc(-c3ccccc3)nc(-c3ccc4c(c3)-c3ccccc3C4(c3ccccc3)c3ccccc3)n1)C1(c3ccncc3-2)C2CC3CC4CC1C342. The Bertz CT molecular complexity index is 3120. The van der Waals surface area contributed by atoms with Gasteiger partial charge >= 0.3 is 0 Å². The molecule has 4 atom stereocenters. The highest BCUT2D eigenvalue weighted by atomic mass is 15.0. The Morgan fingerprint density at radius 1 is 0.483 bits per heavy atom. The second kappa shape index (κ2) is 11.4. The van der Waals surface area contributed by atoms with Crippen molar-refractivity contribution >= 4 is 0 Å². The first-order valence-corrected chi connectivity index (χ1v) is 21.4. The van der Waals surface area contributed by atoms with E-state index in [0.29, 0.717) is 40.3 Å². The number of fused-ring (bicyclic) bond motifs is 10. The summed E-state index contributed by atoms with van der Waals surface area (Å²) in [5, 5.41) is 10.9. The number of aromatic nitrogens is 4. The van der Waals surface area contributed by atoms with E-state index < -0.39 is 5.41 Å². The van der Waals surface area contributed by atoms with Crippen molar-refractivity contribution in [2.75, 3.05) is 0 Å². The van der Waals surface area contributed by atoms with Crippen LogP contribution in [0.4, 0.5) is 0 Å². The Morgan fingerprint density at radius 2 is 1.10 bits per heavy atom. The van der Waals surface area contributed by atoms with Gasteiger partial charge < -0.3 is 0 Å². The van der Waals surface area contributed by atoms with Gasteiger partial charge in [0.2, 0.25) is 0 Å². The largest absolute Gasteiger partial charge is 0.264 e. The molecule has 14 rings (SSSR count). The van der Waals surface area contributed by atoms with E-state index in [0.717, 1.165) is 39.7 Å². The predicted molar refractivity (Wildman–Crippen MR) is 232 cm³/mol. The molecule has 0 bridgehead atoms. The van der Waals surface area contributed by atoms with E-state index in [1.165, 1.54) is 63.8 Å². The van der Waals surface area contributed by atoms with Crippen LogP contribution in [0.15, 0.2) is 164 Å². The van der Waals surface area contributed by atoms with E-state index in [-0.39, 0.29) is 5.41 Å². The Hall–Kier alpha value is -7.03. The van der Waals surface area contributed by atoms with Gasteiger partial charge in [0, 0.05) is 40.1 Å². The first kappa shape index (κ1) is 32.9. The Balaban J connectivity index is 0.977. The summed E-state index contributed by atoms with van der Waals surface area (Å²) >= 11 is 0. The van der Waals surface area contributed by atoms with Crippen LogP contribution in [0, 0.1) is 40.4 Å². The van der Waals surface area contributed by atoms with Crippen LogP contribution < -0.4 is 0 Å². The molecule has 0 saturated heterocycles. The second-order valence-corrected chi connectivity index (χ2v) is 18.0. The van der Waals surface area contributed by atoms with Crippen LogP contribution in [0.5, 0.6) is 0 Å². The van der Waals surface area contributed by atoms with E-state index in [1.807, 2.05) is 30.6 Å². The molecular weight excluding hydrogens is 731 g/mol. The van der Waals surface area contributed by atoms with Gasteiger partial charge in [-0.25, -0.2) is 15.0 Å². The van der Waals surface area contributed by atoms with E-state index in [2.05, 4.69) is 145 Å². The molecule has 2 aromatic heterocycles. The fourth-order valence-electron chi connectivity index (χ4n) is 14.1. The molecule has 8 aromatic rings. The summed E-state index contributed by atoms with van der Waals surface area (Å²) in [7, 11) is 0. The zero-order valence-corrected chi connectivity index (χ0v) is 32.8. The average Bonchev–Trinajstić information content (AvgIpc) is 3.76. The predicted octanol–water partition coefficient (Wildman–Crippen LogP) is 11.4. The summed E-state index contributed by atoms with van der Waals surface area (Å²) in [5.41, 5.74) is 15.6. The van der Waals surface area contributed by atoms with Crippen molar-refractivity contribution in [1.82, 2.24) is 19.9 Å². The normalized spacial score (nSPS) is 25.7. The van der Waals surface area contributed by atoms with Gasteiger partial charge in [-0.05, 0) is 123 Å². The second-order valence-electron chi connectivity index (χ2n) is 18.0. The fraction of sp³-hybridized carbons (Fsp3) is 0.182. The van der Waals surface area contributed by atoms with Crippen LogP contribution in [0.1, 0.15) is 58.2 Å². The van der Waals surface area contributed by atoms with Gasteiger partial charge in [-0.2, -0.15) is 5.26 Å². The van der Waals surface area contributed by atoms with E-state index in [4.69, 9.17) is 15.0 Å². The van der Waals surface area contributed by atoms with Crippen molar-refractivity contribution in [2.45, 2.75) is 30.1 Å². The number of hydrogen-bond donors (Lipinski definition) is 0. The smallest absolute Gasteiger partial charge is 0.165 e. The van der Waals surface area contributed by atoms with E-state index >= 15 is 0 Å². The minimum Gasteiger partial charge on any atom is -0.264 e. The molecule has 0 aliphatic heterocycles. The lowest BCUT2D eigenvalue weighted by Gasteiger charge is -2.92. The first-order valence-electron chi connectivity index (χ1n) is 21.4. The maximum Gasteiger partial charge on any atom is 0.165 e. The number of nitriles is 1. The van der Waals surface area contributed by atoms with Crippen LogP contribution in [0.3, 0.4) is 0 Å². The van der Waals surface area contributed by atoms with Crippen LogP contribution in [0.25, 0.3) is 56.4 Å². The molecule has 6 aromatic carbocycles. The summed E-state index contributed by atoms with van der Waals surface area (Å²) in [6.45, 7) is 0. The molecule has 282 valence electrons. The Kier molecular flexibility index (Phi) is 6.23. The standard InChI is InChI=1S/C55H37N5/c56-30-34-25-42-43-31-57-23-22-46(43)55(48-27-37-26-38-28-49(55)54(37,38)48)47(42)29-40(34)52-59-50(32-12-4-1-5-13-32)58-51(60-52)33-20-21-45-41(24-33)39-18-10-11-19-44(39)53(45,35-14-6-2-7-15-35)36-16-8-3-9-17-36/h1-25,29,31,37-38,48-49H,26-28H2. The van der Waals surface area contributed by atoms with Crippen LogP contribution >= 0.6 is 0 Å². The average molecular weight is 768 g/mol. The summed E-state index contributed by atoms with van der Waals surface area (Å²) in [6.07, 6.45) is 8.03.